The summed E-state index contributed by atoms with van der Waals surface area (Å²) in [5.41, 5.74) is 0.375. The molecule has 29 heavy (non-hydrogen) atoms. The zero-order chi connectivity index (χ0) is 21.0. The second-order valence-corrected chi connectivity index (χ2v) is 5.88. The number of hydrogen-bond donors (Lipinski definition) is 1. The summed E-state index contributed by atoms with van der Waals surface area (Å²) in [6, 6.07) is 5.50. The smallest absolute Gasteiger partial charge is 0.345 e. The number of nitrogens with zero attached hydrogens (tertiary/aromatic N) is 2. The summed E-state index contributed by atoms with van der Waals surface area (Å²) in [5, 5.41) is 3.27. The monoisotopic (exact) mass is 411 g/mol. The molecule has 10 heteroatoms. The topological polar surface area (TPSA) is 65.5 Å². The minimum atomic E-state index is -2.89. The lowest BCUT2D eigenvalue weighted by atomic mass is 10.1. The number of halogens is 4. The molecule has 1 N–H and O–H groups in total. The second-order valence-electron chi connectivity index (χ2n) is 5.88. The summed E-state index contributed by atoms with van der Waals surface area (Å²) < 4.78 is 66.9. The molecular weight excluding hydrogens is 394 g/mol. The third kappa shape index (κ3) is 4.65. The minimum absolute atomic E-state index is 0.0347. The van der Waals surface area contributed by atoms with E-state index in [9.17, 15) is 17.6 Å². The van der Waals surface area contributed by atoms with Crippen molar-refractivity contribution < 1.29 is 31.8 Å². The normalized spacial score (nSPS) is 11.1. The minimum Gasteiger partial charge on any atom is -0.493 e. The van der Waals surface area contributed by atoms with Gasteiger partial charge < -0.3 is 19.5 Å². The van der Waals surface area contributed by atoms with E-state index >= 15 is 0 Å². The molecule has 6 nitrogen and oxygen atoms in total. The molecule has 0 amide bonds. The lowest BCUT2D eigenvalue weighted by molar-refractivity contribution is -0.133. The van der Waals surface area contributed by atoms with Gasteiger partial charge in [0, 0.05) is 17.0 Å². The van der Waals surface area contributed by atoms with E-state index in [4.69, 9.17) is 9.47 Å². The maximum Gasteiger partial charge on any atom is 0.345 e. The summed E-state index contributed by atoms with van der Waals surface area (Å²) in [6.45, 7) is -2.04. The van der Waals surface area contributed by atoms with Crippen LogP contribution < -0.4 is 14.8 Å². The van der Waals surface area contributed by atoms with Crippen LogP contribution in [0.4, 0.5) is 29.1 Å². The molecular formula is C19H17F4N3O3. The highest BCUT2D eigenvalue weighted by Gasteiger charge is 2.15. The first-order chi connectivity index (χ1) is 13.9. The number of benzene rings is 2. The van der Waals surface area contributed by atoms with Crippen molar-refractivity contribution in [1.29, 1.82) is 0 Å². The SMILES string of the molecule is COc1cc2ncnc(Nc3ccc(F)c(C)c3F)c2cc1OCCOC(F)F. The molecule has 0 aliphatic rings. The lowest BCUT2D eigenvalue weighted by Crippen LogP contribution is -2.10. The number of ether oxygens (including phenoxy) is 3. The Balaban J connectivity index is 1.94. The molecule has 0 bridgehead atoms. The standard InChI is InChI=1S/C19H17F4N3O3/c1-10-12(20)3-4-13(17(10)21)26-18-11-7-16(28-5-6-29-19(22)23)15(27-2)8-14(11)24-9-25-18/h3-4,7-9,19H,5-6H2,1-2H3,(H,24,25,26). The van der Waals surface area contributed by atoms with Gasteiger partial charge in [-0.3, -0.25) is 0 Å². The van der Waals surface area contributed by atoms with Crippen molar-refractivity contribution in [1.82, 2.24) is 9.97 Å². The van der Waals surface area contributed by atoms with E-state index in [1.807, 2.05) is 0 Å². The van der Waals surface area contributed by atoms with Gasteiger partial charge in [0.15, 0.2) is 17.3 Å². The van der Waals surface area contributed by atoms with Crippen LogP contribution in [0.15, 0.2) is 30.6 Å². The summed E-state index contributed by atoms with van der Waals surface area (Å²) in [7, 11) is 1.42. The number of aromatic nitrogens is 2. The van der Waals surface area contributed by atoms with E-state index in [1.54, 1.807) is 6.07 Å². The fourth-order valence-electron chi connectivity index (χ4n) is 2.61. The Morgan fingerprint density at radius 2 is 1.86 bits per heavy atom. The predicted octanol–water partition coefficient (Wildman–Crippen LogP) is 4.59. The molecule has 0 spiro atoms. The van der Waals surface area contributed by atoms with Crippen LogP contribution in [0.3, 0.4) is 0 Å². The highest BCUT2D eigenvalue weighted by molar-refractivity contribution is 5.93. The Bertz CT molecular complexity index is 1020. The number of anilines is 2. The van der Waals surface area contributed by atoms with Crippen LogP contribution in [0.2, 0.25) is 0 Å². The van der Waals surface area contributed by atoms with Crippen molar-refractivity contribution in [3.05, 3.63) is 47.8 Å². The molecule has 154 valence electrons. The van der Waals surface area contributed by atoms with Crippen LogP contribution in [0, 0.1) is 18.6 Å². The van der Waals surface area contributed by atoms with Crippen molar-refractivity contribution in [3.63, 3.8) is 0 Å². The van der Waals surface area contributed by atoms with E-state index in [-0.39, 0.29) is 36.0 Å². The predicted molar refractivity (Wildman–Crippen MR) is 97.9 cm³/mol. The van der Waals surface area contributed by atoms with Crippen LogP contribution in [-0.4, -0.2) is 36.9 Å². The number of methoxy groups -OCH3 is 1. The average Bonchev–Trinajstić information content (AvgIpc) is 2.71. The van der Waals surface area contributed by atoms with Crippen molar-refractivity contribution in [3.8, 4) is 11.5 Å². The maximum atomic E-state index is 14.4. The lowest BCUT2D eigenvalue weighted by Gasteiger charge is -2.14. The number of nitrogens with one attached hydrogen (secondary N) is 1. The first-order valence-corrected chi connectivity index (χ1v) is 8.47. The highest BCUT2D eigenvalue weighted by Crippen LogP contribution is 2.35. The first-order valence-electron chi connectivity index (χ1n) is 8.47. The maximum absolute atomic E-state index is 14.4. The van der Waals surface area contributed by atoms with Gasteiger partial charge in [-0.15, -0.1) is 0 Å². The molecule has 0 aliphatic carbocycles. The van der Waals surface area contributed by atoms with Gasteiger partial charge in [-0.1, -0.05) is 0 Å². The number of fused-ring (bicyclic) bond motifs is 1. The molecule has 0 atom stereocenters. The summed E-state index contributed by atoms with van der Waals surface area (Å²) in [4.78, 5) is 8.25. The number of hydrogen-bond acceptors (Lipinski definition) is 6. The van der Waals surface area contributed by atoms with Crippen molar-refractivity contribution >= 4 is 22.4 Å². The van der Waals surface area contributed by atoms with Gasteiger partial charge in [-0.25, -0.2) is 18.7 Å². The fourth-order valence-corrected chi connectivity index (χ4v) is 2.61. The summed E-state index contributed by atoms with van der Waals surface area (Å²) in [5.74, 6) is -0.594. The summed E-state index contributed by atoms with van der Waals surface area (Å²) >= 11 is 0. The second kappa shape index (κ2) is 8.91. The number of alkyl halides is 2. The van der Waals surface area contributed by atoms with Crippen LogP contribution >= 0.6 is 0 Å². The largest absolute Gasteiger partial charge is 0.493 e. The van der Waals surface area contributed by atoms with E-state index in [0.29, 0.717) is 16.7 Å². The Hall–Kier alpha value is -3.14. The quantitative estimate of drug-likeness (QED) is 0.432. The van der Waals surface area contributed by atoms with E-state index in [1.165, 1.54) is 32.5 Å². The zero-order valence-corrected chi connectivity index (χ0v) is 15.5. The first kappa shape index (κ1) is 20.6. The van der Waals surface area contributed by atoms with E-state index in [0.717, 1.165) is 6.07 Å². The molecule has 0 aliphatic heterocycles. The van der Waals surface area contributed by atoms with Gasteiger partial charge in [0.1, 0.15) is 24.6 Å². The van der Waals surface area contributed by atoms with Crippen LogP contribution in [0.25, 0.3) is 10.9 Å². The van der Waals surface area contributed by atoms with Gasteiger partial charge in [0.25, 0.3) is 0 Å². The molecule has 0 unspecified atom stereocenters. The van der Waals surface area contributed by atoms with Gasteiger partial charge in [-0.2, -0.15) is 8.78 Å². The zero-order valence-electron chi connectivity index (χ0n) is 15.5. The van der Waals surface area contributed by atoms with Crippen LogP contribution in [-0.2, 0) is 4.74 Å². The van der Waals surface area contributed by atoms with Gasteiger partial charge in [0.2, 0.25) is 0 Å². The molecule has 3 aromatic rings. The van der Waals surface area contributed by atoms with Gasteiger partial charge >= 0.3 is 6.61 Å². The van der Waals surface area contributed by atoms with Crippen molar-refractivity contribution in [2.75, 3.05) is 25.6 Å². The Morgan fingerprint density at radius 1 is 1.07 bits per heavy atom. The van der Waals surface area contributed by atoms with Crippen molar-refractivity contribution in [2.24, 2.45) is 0 Å². The Kier molecular flexibility index (Phi) is 6.32. The van der Waals surface area contributed by atoms with Crippen LogP contribution in [0.1, 0.15) is 5.56 Å². The molecule has 0 radical (unpaired) electrons. The summed E-state index contributed by atoms with van der Waals surface area (Å²) in [6.07, 6.45) is 1.27. The third-order valence-corrected chi connectivity index (χ3v) is 4.08. The van der Waals surface area contributed by atoms with Gasteiger partial charge in [-0.05, 0) is 25.1 Å². The molecule has 0 fully saturated rings. The molecule has 0 saturated carbocycles. The fraction of sp³-hybridized carbons (Fsp3) is 0.263. The van der Waals surface area contributed by atoms with Gasteiger partial charge in [0.05, 0.1) is 24.9 Å². The molecule has 0 saturated heterocycles. The number of rotatable bonds is 8. The Labute approximate surface area is 163 Å². The van der Waals surface area contributed by atoms with E-state index < -0.39 is 18.2 Å². The third-order valence-electron chi connectivity index (χ3n) is 4.08. The van der Waals surface area contributed by atoms with Crippen LogP contribution in [0.5, 0.6) is 11.5 Å². The Morgan fingerprint density at radius 3 is 2.59 bits per heavy atom. The van der Waals surface area contributed by atoms with E-state index in [2.05, 4.69) is 20.0 Å². The molecule has 3 rings (SSSR count). The highest BCUT2D eigenvalue weighted by atomic mass is 19.3. The molecule has 1 aromatic heterocycles. The molecule has 2 aromatic carbocycles. The van der Waals surface area contributed by atoms with Crippen molar-refractivity contribution in [2.45, 2.75) is 13.5 Å². The average molecular weight is 411 g/mol. The molecule has 1 heterocycles.